The number of unbranched alkanes of at least 4 members (excludes halogenated alkanes) is 2. The highest BCUT2D eigenvalue weighted by atomic mass is 127. The van der Waals surface area contributed by atoms with Crippen molar-refractivity contribution < 1.29 is 19.4 Å². The quantitative estimate of drug-likeness (QED) is 0.251. The minimum absolute atomic E-state index is 0.0225. The van der Waals surface area contributed by atoms with Crippen LogP contribution in [0.15, 0.2) is 24.3 Å². The van der Waals surface area contributed by atoms with Gasteiger partial charge >= 0.3 is 6.09 Å². The molecule has 1 aliphatic carbocycles. The Kier molecular flexibility index (Phi) is 9.32. The molecule has 6 heteroatoms. The lowest BCUT2D eigenvalue weighted by atomic mass is 9.88. The zero-order valence-electron chi connectivity index (χ0n) is 16.5. The van der Waals surface area contributed by atoms with Gasteiger partial charge in [0, 0.05) is 28.7 Å². The van der Waals surface area contributed by atoms with Crippen molar-refractivity contribution in [1.82, 2.24) is 4.90 Å². The monoisotopic (exact) mass is 489 g/mol. The Balaban J connectivity index is 2.54. The van der Waals surface area contributed by atoms with Crippen LogP contribution in [0.2, 0.25) is 0 Å². The van der Waals surface area contributed by atoms with Crippen molar-refractivity contribution in [3.8, 4) is 0 Å². The van der Waals surface area contributed by atoms with Crippen LogP contribution in [0.4, 0.5) is 4.79 Å². The van der Waals surface area contributed by atoms with Crippen LogP contribution in [0.1, 0.15) is 70.3 Å². The average molecular weight is 489 g/mol. The molecule has 0 spiro atoms. The van der Waals surface area contributed by atoms with E-state index in [2.05, 4.69) is 29.5 Å². The molecule has 0 bridgehead atoms. The van der Waals surface area contributed by atoms with Gasteiger partial charge in [0.2, 0.25) is 0 Å². The Morgan fingerprint density at radius 2 is 1.96 bits per heavy atom. The highest BCUT2D eigenvalue weighted by Crippen LogP contribution is 2.42. The van der Waals surface area contributed by atoms with E-state index in [1.54, 1.807) is 12.0 Å². The lowest BCUT2D eigenvalue weighted by molar-refractivity contribution is -0.216. The fourth-order valence-corrected chi connectivity index (χ4v) is 4.91. The van der Waals surface area contributed by atoms with E-state index < -0.39 is 11.8 Å². The van der Waals surface area contributed by atoms with E-state index in [0.29, 0.717) is 6.42 Å². The maximum Gasteiger partial charge on any atom is 0.410 e. The third-order valence-corrected chi connectivity index (χ3v) is 6.31. The van der Waals surface area contributed by atoms with Crippen molar-refractivity contribution in [3.63, 3.8) is 0 Å². The summed E-state index contributed by atoms with van der Waals surface area (Å²) >= 11 is 2.29. The zero-order valence-corrected chi connectivity index (χ0v) is 18.6. The molecule has 27 heavy (non-hydrogen) atoms. The van der Waals surface area contributed by atoms with Gasteiger partial charge in [-0.15, -0.1) is 0 Å². The van der Waals surface area contributed by atoms with E-state index in [0.717, 1.165) is 54.1 Å². The third-order valence-electron chi connectivity index (χ3n) is 5.36. The van der Waals surface area contributed by atoms with E-state index >= 15 is 0 Å². The van der Waals surface area contributed by atoms with Gasteiger partial charge in [-0.2, -0.15) is 0 Å². The SMILES string of the molecule is CCCCCC(OCOC)(c1ccccc1I)N(C(=O)O)C1CCCCC1. The van der Waals surface area contributed by atoms with Crippen LogP contribution in [0.3, 0.4) is 0 Å². The number of benzene rings is 1. The molecule has 1 fully saturated rings. The van der Waals surface area contributed by atoms with Gasteiger partial charge in [0.15, 0.2) is 5.72 Å². The van der Waals surface area contributed by atoms with Crippen molar-refractivity contribution in [2.75, 3.05) is 13.9 Å². The van der Waals surface area contributed by atoms with Crippen molar-refractivity contribution in [1.29, 1.82) is 0 Å². The van der Waals surface area contributed by atoms with Gasteiger partial charge in [-0.05, 0) is 47.9 Å². The molecule has 1 aromatic carbocycles. The standard InChI is InChI=1S/C21H32INO4/c1-3-4-10-15-21(27-16-26-2,18-13-8-9-14-19(18)22)23(20(24)25)17-11-6-5-7-12-17/h8-9,13-14,17H,3-7,10-12,15-16H2,1-2H3,(H,24,25). The molecule has 2 rings (SSSR count). The summed E-state index contributed by atoms with van der Waals surface area (Å²) in [5, 5.41) is 10.3. The molecule has 1 aliphatic rings. The average Bonchev–Trinajstić information content (AvgIpc) is 2.67. The smallest absolute Gasteiger partial charge is 0.410 e. The maximum atomic E-state index is 12.5. The van der Waals surface area contributed by atoms with Gasteiger partial charge < -0.3 is 14.6 Å². The highest BCUT2D eigenvalue weighted by molar-refractivity contribution is 14.1. The Morgan fingerprint density at radius 3 is 2.56 bits per heavy atom. The summed E-state index contributed by atoms with van der Waals surface area (Å²) in [7, 11) is 1.58. The van der Waals surface area contributed by atoms with E-state index in [1.165, 1.54) is 6.42 Å². The van der Waals surface area contributed by atoms with E-state index in [4.69, 9.17) is 9.47 Å². The van der Waals surface area contributed by atoms with Crippen LogP contribution < -0.4 is 0 Å². The molecule has 1 amide bonds. The number of amides is 1. The number of hydrogen-bond acceptors (Lipinski definition) is 3. The van der Waals surface area contributed by atoms with E-state index in [1.807, 2.05) is 24.3 Å². The Bertz CT molecular complexity index is 591. The van der Waals surface area contributed by atoms with E-state index in [9.17, 15) is 9.90 Å². The van der Waals surface area contributed by atoms with Crippen LogP contribution in [-0.4, -0.2) is 36.0 Å². The van der Waals surface area contributed by atoms with E-state index in [-0.39, 0.29) is 12.8 Å². The zero-order chi connectivity index (χ0) is 19.7. The molecule has 152 valence electrons. The number of carboxylic acid groups (broad SMARTS) is 1. The minimum atomic E-state index is -1.02. The van der Waals surface area contributed by atoms with Gasteiger partial charge in [-0.3, -0.25) is 4.90 Å². The topological polar surface area (TPSA) is 59.0 Å². The first-order chi connectivity index (χ1) is 13.1. The number of nitrogens with zero attached hydrogens (tertiary/aromatic N) is 1. The second-order valence-electron chi connectivity index (χ2n) is 7.22. The Hall–Kier alpha value is -0.860. The van der Waals surface area contributed by atoms with Crippen molar-refractivity contribution in [2.24, 2.45) is 0 Å². The molecular weight excluding hydrogens is 457 g/mol. The maximum absolute atomic E-state index is 12.5. The minimum Gasteiger partial charge on any atom is -0.465 e. The number of methoxy groups -OCH3 is 1. The van der Waals surface area contributed by atoms with Gasteiger partial charge in [0.1, 0.15) is 6.79 Å². The summed E-state index contributed by atoms with van der Waals surface area (Å²) < 4.78 is 12.5. The summed E-state index contributed by atoms with van der Waals surface area (Å²) in [6.45, 7) is 2.22. The molecule has 1 saturated carbocycles. The van der Waals surface area contributed by atoms with Gasteiger partial charge in [0.05, 0.1) is 0 Å². The molecule has 1 aromatic rings. The van der Waals surface area contributed by atoms with Gasteiger partial charge in [0.25, 0.3) is 0 Å². The molecule has 0 heterocycles. The Labute approximate surface area is 176 Å². The molecule has 0 saturated heterocycles. The third kappa shape index (κ3) is 5.57. The first-order valence-corrected chi connectivity index (χ1v) is 11.0. The van der Waals surface area contributed by atoms with Crippen molar-refractivity contribution in [3.05, 3.63) is 33.4 Å². The normalized spacial score (nSPS) is 17.4. The van der Waals surface area contributed by atoms with Gasteiger partial charge in [-0.1, -0.05) is 57.2 Å². The van der Waals surface area contributed by atoms with Crippen LogP contribution in [0.25, 0.3) is 0 Å². The Morgan fingerprint density at radius 1 is 1.26 bits per heavy atom. The largest absolute Gasteiger partial charge is 0.465 e. The summed E-state index contributed by atoms with van der Waals surface area (Å²) in [5.74, 6) is 0. The fourth-order valence-electron chi connectivity index (χ4n) is 4.10. The van der Waals surface area contributed by atoms with Crippen LogP contribution in [0, 0.1) is 3.57 Å². The summed E-state index contributed by atoms with van der Waals surface area (Å²) in [4.78, 5) is 14.1. The molecule has 0 radical (unpaired) electrons. The van der Waals surface area contributed by atoms with Crippen molar-refractivity contribution in [2.45, 2.75) is 76.5 Å². The lowest BCUT2D eigenvalue weighted by Gasteiger charge is -2.47. The molecular formula is C21H32INO4. The second-order valence-corrected chi connectivity index (χ2v) is 8.38. The van der Waals surface area contributed by atoms with Crippen LogP contribution in [-0.2, 0) is 15.2 Å². The number of ether oxygens (including phenoxy) is 2. The summed E-state index contributed by atoms with van der Waals surface area (Å²) in [5.41, 5.74) is -0.0942. The fraction of sp³-hybridized carbons (Fsp3) is 0.667. The van der Waals surface area contributed by atoms with Gasteiger partial charge in [-0.25, -0.2) is 4.79 Å². The highest BCUT2D eigenvalue weighted by Gasteiger charge is 2.47. The second kappa shape index (κ2) is 11.2. The number of carbonyl (C=O) groups is 1. The first-order valence-electron chi connectivity index (χ1n) is 9.97. The predicted octanol–water partition coefficient (Wildman–Crippen LogP) is 5.96. The first kappa shape index (κ1) is 22.4. The number of hydrogen-bond donors (Lipinski definition) is 1. The number of rotatable bonds is 10. The summed E-state index contributed by atoms with van der Waals surface area (Å²) in [6, 6.07) is 7.93. The molecule has 1 unspecified atom stereocenters. The lowest BCUT2D eigenvalue weighted by Crippen LogP contribution is -2.56. The molecule has 5 nitrogen and oxygen atoms in total. The molecule has 1 atom stereocenters. The van der Waals surface area contributed by atoms with Crippen LogP contribution in [0.5, 0.6) is 0 Å². The predicted molar refractivity (Wildman–Crippen MR) is 115 cm³/mol. The molecule has 0 aromatic heterocycles. The van der Waals surface area contributed by atoms with Crippen molar-refractivity contribution >= 4 is 28.7 Å². The molecule has 1 N–H and O–H groups in total. The number of halogens is 1. The summed E-state index contributed by atoms with van der Waals surface area (Å²) in [6.07, 6.45) is 7.83. The van der Waals surface area contributed by atoms with Crippen LogP contribution >= 0.6 is 22.6 Å². The molecule has 0 aliphatic heterocycles.